The first-order chi connectivity index (χ1) is 7.57. The standard InChI is InChI=1S/C10H21N3O2S/c1-16(14,15)13-6-2-3-10(13)9-12-7-4-11-5-8-12/h10-11H,2-9H2,1H3. The highest BCUT2D eigenvalue weighted by molar-refractivity contribution is 7.88. The summed E-state index contributed by atoms with van der Waals surface area (Å²) in [5, 5.41) is 3.31. The number of hydrogen-bond acceptors (Lipinski definition) is 4. The highest BCUT2D eigenvalue weighted by Gasteiger charge is 2.32. The molecular weight excluding hydrogens is 226 g/mol. The summed E-state index contributed by atoms with van der Waals surface area (Å²) < 4.78 is 24.8. The molecule has 94 valence electrons. The van der Waals surface area contributed by atoms with Crippen LogP contribution in [0.15, 0.2) is 0 Å². The van der Waals surface area contributed by atoms with Gasteiger partial charge in [0.25, 0.3) is 0 Å². The van der Waals surface area contributed by atoms with Crippen LogP contribution in [-0.2, 0) is 10.0 Å². The minimum atomic E-state index is -3.01. The molecule has 0 radical (unpaired) electrons. The number of nitrogens with zero attached hydrogens (tertiary/aromatic N) is 2. The Labute approximate surface area is 97.8 Å². The van der Waals surface area contributed by atoms with Crippen molar-refractivity contribution in [3.63, 3.8) is 0 Å². The fraction of sp³-hybridized carbons (Fsp3) is 1.00. The Kier molecular flexibility index (Phi) is 3.84. The predicted octanol–water partition coefficient (Wildman–Crippen LogP) is -0.684. The van der Waals surface area contributed by atoms with Crippen LogP contribution in [-0.4, -0.2) is 69.2 Å². The van der Waals surface area contributed by atoms with Gasteiger partial charge in [0.15, 0.2) is 0 Å². The molecule has 2 heterocycles. The van der Waals surface area contributed by atoms with E-state index in [9.17, 15) is 8.42 Å². The molecule has 16 heavy (non-hydrogen) atoms. The monoisotopic (exact) mass is 247 g/mol. The van der Waals surface area contributed by atoms with Crippen molar-refractivity contribution >= 4 is 10.0 Å². The molecule has 6 heteroatoms. The summed E-state index contributed by atoms with van der Waals surface area (Å²) in [7, 11) is -3.01. The summed E-state index contributed by atoms with van der Waals surface area (Å²) >= 11 is 0. The molecule has 0 bridgehead atoms. The van der Waals surface area contributed by atoms with Gasteiger partial charge in [0.1, 0.15) is 0 Å². The molecule has 1 N–H and O–H groups in total. The third-order valence-corrected chi connectivity index (χ3v) is 4.76. The van der Waals surface area contributed by atoms with Gasteiger partial charge in [-0.2, -0.15) is 4.31 Å². The van der Waals surface area contributed by atoms with Crippen LogP contribution in [0, 0.1) is 0 Å². The molecule has 0 spiro atoms. The molecule has 0 saturated carbocycles. The Morgan fingerprint density at radius 1 is 1.25 bits per heavy atom. The normalized spacial score (nSPS) is 29.7. The highest BCUT2D eigenvalue weighted by Crippen LogP contribution is 2.21. The van der Waals surface area contributed by atoms with Crippen LogP contribution in [0.2, 0.25) is 0 Å². The molecule has 2 fully saturated rings. The first kappa shape index (κ1) is 12.3. The van der Waals surface area contributed by atoms with Crippen molar-refractivity contribution in [2.24, 2.45) is 0 Å². The third-order valence-electron chi connectivity index (χ3n) is 3.43. The van der Waals surface area contributed by atoms with Crippen molar-refractivity contribution in [3.8, 4) is 0 Å². The van der Waals surface area contributed by atoms with Gasteiger partial charge in [-0.25, -0.2) is 8.42 Å². The van der Waals surface area contributed by atoms with Crippen molar-refractivity contribution in [2.45, 2.75) is 18.9 Å². The molecule has 2 aliphatic heterocycles. The summed E-state index contributed by atoms with van der Waals surface area (Å²) in [5.74, 6) is 0. The number of rotatable bonds is 3. The van der Waals surface area contributed by atoms with Gasteiger partial charge < -0.3 is 5.32 Å². The second-order valence-electron chi connectivity index (χ2n) is 4.72. The fourth-order valence-electron chi connectivity index (χ4n) is 2.62. The van der Waals surface area contributed by atoms with Gasteiger partial charge in [0, 0.05) is 45.3 Å². The van der Waals surface area contributed by atoms with E-state index in [0.29, 0.717) is 6.54 Å². The largest absolute Gasteiger partial charge is 0.314 e. The van der Waals surface area contributed by atoms with Crippen LogP contribution in [0.3, 0.4) is 0 Å². The zero-order valence-electron chi connectivity index (χ0n) is 9.85. The van der Waals surface area contributed by atoms with Crippen LogP contribution in [0.1, 0.15) is 12.8 Å². The Morgan fingerprint density at radius 3 is 2.56 bits per heavy atom. The van der Waals surface area contributed by atoms with Gasteiger partial charge >= 0.3 is 0 Å². The topological polar surface area (TPSA) is 52.7 Å². The Hall–Kier alpha value is -0.170. The third kappa shape index (κ3) is 2.94. The zero-order chi connectivity index (χ0) is 11.6. The van der Waals surface area contributed by atoms with E-state index < -0.39 is 10.0 Å². The second-order valence-corrected chi connectivity index (χ2v) is 6.66. The lowest BCUT2D eigenvalue weighted by Crippen LogP contribution is -2.49. The van der Waals surface area contributed by atoms with Crippen LogP contribution >= 0.6 is 0 Å². The molecule has 2 rings (SSSR count). The van der Waals surface area contributed by atoms with E-state index >= 15 is 0 Å². The lowest BCUT2D eigenvalue weighted by Gasteiger charge is -2.32. The van der Waals surface area contributed by atoms with E-state index in [1.54, 1.807) is 4.31 Å². The van der Waals surface area contributed by atoms with Crippen molar-refractivity contribution in [1.82, 2.24) is 14.5 Å². The number of hydrogen-bond donors (Lipinski definition) is 1. The maximum absolute atomic E-state index is 11.6. The molecular formula is C10H21N3O2S. The average Bonchev–Trinajstić information content (AvgIpc) is 2.67. The van der Waals surface area contributed by atoms with Gasteiger partial charge in [-0.1, -0.05) is 0 Å². The minimum absolute atomic E-state index is 0.202. The first-order valence-corrected chi connectivity index (χ1v) is 7.82. The summed E-state index contributed by atoms with van der Waals surface area (Å²) in [5.41, 5.74) is 0. The molecule has 0 aromatic carbocycles. The summed E-state index contributed by atoms with van der Waals surface area (Å²) in [6.45, 7) is 5.71. The SMILES string of the molecule is CS(=O)(=O)N1CCCC1CN1CCNCC1. The Bertz CT molecular complexity index is 325. The highest BCUT2D eigenvalue weighted by atomic mass is 32.2. The number of nitrogens with one attached hydrogen (secondary N) is 1. The second kappa shape index (κ2) is 5.00. The smallest absolute Gasteiger partial charge is 0.211 e. The molecule has 2 saturated heterocycles. The first-order valence-electron chi connectivity index (χ1n) is 5.97. The molecule has 0 aromatic rings. The average molecular weight is 247 g/mol. The van der Waals surface area contributed by atoms with E-state index in [1.165, 1.54) is 6.26 Å². The van der Waals surface area contributed by atoms with Crippen molar-refractivity contribution in [2.75, 3.05) is 45.5 Å². The van der Waals surface area contributed by atoms with Crippen LogP contribution in [0.5, 0.6) is 0 Å². The molecule has 0 aromatic heterocycles. The predicted molar refractivity (Wildman–Crippen MR) is 63.9 cm³/mol. The zero-order valence-corrected chi connectivity index (χ0v) is 10.7. The summed E-state index contributed by atoms with van der Waals surface area (Å²) in [6.07, 6.45) is 3.34. The van der Waals surface area contributed by atoms with Gasteiger partial charge in [-0.05, 0) is 12.8 Å². The van der Waals surface area contributed by atoms with Crippen molar-refractivity contribution < 1.29 is 8.42 Å². The lowest BCUT2D eigenvalue weighted by molar-refractivity contribution is 0.198. The van der Waals surface area contributed by atoms with E-state index in [4.69, 9.17) is 0 Å². The van der Waals surface area contributed by atoms with E-state index in [0.717, 1.165) is 45.6 Å². The molecule has 1 atom stereocenters. The molecule has 1 unspecified atom stereocenters. The summed E-state index contributed by atoms with van der Waals surface area (Å²) in [4.78, 5) is 2.37. The maximum atomic E-state index is 11.6. The lowest BCUT2D eigenvalue weighted by atomic mass is 10.2. The summed E-state index contributed by atoms with van der Waals surface area (Å²) in [6, 6.07) is 0.202. The van der Waals surface area contributed by atoms with Gasteiger partial charge in [-0.15, -0.1) is 0 Å². The van der Waals surface area contributed by atoms with E-state index in [2.05, 4.69) is 10.2 Å². The quantitative estimate of drug-likeness (QED) is 0.718. The molecule has 2 aliphatic rings. The molecule has 5 nitrogen and oxygen atoms in total. The van der Waals surface area contributed by atoms with Gasteiger partial charge in [0.2, 0.25) is 10.0 Å². The van der Waals surface area contributed by atoms with Crippen molar-refractivity contribution in [3.05, 3.63) is 0 Å². The fourth-order valence-corrected chi connectivity index (χ4v) is 3.79. The van der Waals surface area contributed by atoms with E-state index in [-0.39, 0.29) is 6.04 Å². The molecule has 0 amide bonds. The Morgan fingerprint density at radius 2 is 1.94 bits per heavy atom. The number of sulfonamides is 1. The van der Waals surface area contributed by atoms with Gasteiger partial charge in [0.05, 0.1) is 6.26 Å². The maximum Gasteiger partial charge on any atom is 0.211 e. The van der Waals surface area contributed by atoms with Crippen LogP contribution in [0.4, 0.5) is 0 Å². The van der Waals surface area contributed by atoms with Gasteiger partial charge in [-0.3, -0.25) is 4.90 Å². The van der Waals surface area contributed by atoms with Crippen LogP contribution in [0.25, 0.3) is 0 Å². The Balaban J connectivity index is 1.93. The minimum Gasteiger partial charge on any atom is -0.314 e. The molecule has 0 aliphatic carbocycles. The van der Waals surface area contributed by atoms with Crippen LogP contribution < -0.4 is 5.32 Å². The van der Waals surface area contributed by atoms with E-state index in [1.807, 2.05) is 0 Å². The van der Waals surface area contributed by atoms with Crippen molar-refractivity contribution in [1.29, 1.82) is 0 Å². The number of piperazine rings is 1.